The molecule has 1 aromatic carbocycles. The largest absolute Gasteiger partial charge is 0.495 e. The van der Waals surface area contributed by atoms with Gasteiger partial charge >= 0.3 is 0 Å². The predicted molar refractivity (Wildman–Crippen MR) is 59.6 cm³/mol. The van der Waals surface area contributed by atoms with Gasteiger partial charge in [0, 0.05) is 10.9 Å². The predicted octanol–water partition coefficient (Wildman–Crippen LogP) is 2.81. The van der Waals surface area contributed by atoms with Crippen molar-refractivity contribution in [1.82, 2.24) is 0 Å². The minimum Gasteiger partial charge on any atom is -0.495 e. The molecule has 0 heterocycles. The third-order valence-electron chi connectivity index (χ3n) is 1.76. The molecule has 0 unspecified atom stereocenters. The van der Waals surface area contributed by atoms with Gasteiger partial charge in [-0.1, -0.05) is 22.9 Å². The molecule has 0 aliphatic rings. The van der Waals surface area contributed by atoms with E-state index in [1.807, 2.05) is 12.1 Å². The standard InChI is InChI=1S/C10H12BrNO2/c1-3-10(13)12-8-5-4-7(11)6-9(8)14-2/h4-6H,3H2,1-2H3,(H,12,13). The van der Waals surface area contributed by atoms with Crippen LogP contribution in [-0.2, 0) is 4.79 Å². The maximum Gasteiger partial charge on any atom is 0.224 e. The van der Waals surface area contributed by atoms with E-state index in [1.165, 1.54) is 0 Å². The molecular weight excluding hydrogens is 246 g/mol. The zero-order chi connectivity index (χ0) is 10.6. The second kappa shape index (κ2) is 5.00. The van der Waals surface area contributed by atoms with Crippen molar-refractivity contribution in [3.8, 4) is 5.75 Å². The fourth-order valence-corrected chi connectivity index (χ4v) is 1.35. The summed E-state index contributed by atoms with van der Waals surface area (Å²) < 4.78 is 6.05. The molecule has 14 heavy (non-hydrogen) atoms. The molecule has 1 rings (SSSR count). The number of methoxy groups -OCH3 is 1. The molecule has 1 amide bonds. The van der Waals surface area contributed by atoms with E-state index in [4.69, 9.17) is 4.74 Å². The number of nitrogens with one attached hydrogen (secondary N) is 1. The summed E-state index contributed by atoms with van der Waals surface area (Å²) in [4.78, 5) is 11.2. The first-order valence-corrected chi connectivity index (χ1v) is 5.10. The van der Waals surface area contributed by atoms with Crippen molar-refractivity contribution < 1.29 is 9.53 Å². The molecule has 0 fully saturated rings. The van der Waals surface area contributed by atoms with Crippen molar-refractivity contribution in [1.29, 1.82) is 0 Å². The van der Waals surface area contributed by atoms with Crippen molar-refractivity contribution in [3.05, 3.63) is 22.7 Å². The monoisotopic (exact) mass is 257 g/mol. The Hall–Kier alpha value is -1.03. The van der Waals surface area contributed by atoms with E-state index in [0.29, 0.717) is 17.9 Å². The molecule has 0 radical (unpaired) electrons. The van der Waals surface area contributed by atoms with Crippen molar-refractivity contribution in [2.24, 2.45) is 0 Å². The third-order valence-corrected chi connectivity index (χ3v) is 2.25. The maximum absolute atomic E-state index is 11.2. The van der Waals surface area contributed by atoms with Gasteiger partial charge in [0.2, 0.25) is 5.91 Å². The number of hydrogen-bond donors (Lipinski definition) is 1. The van der Waals surface area contributed by atoms with Crippen LogP contribution in [0.4, 0.5) is 5.69 Å². The lowest BCUT2D eigenvalue weighted by molar-refractivity contribution is -0.115. The smallest absolute Gasteiger partial charge is 0.224 e. The van der Waals surface area contributed by atoms with E-state index in [9.17, 15) is 4.79 Å². The Morgan fingerprint density at radius 3 is 2.86 bits per heavy atom. The van der Waals surface area contributed by atoms with Gasteiger partial charge in [0.1, 0.15) is 5.75 Å². The number of anilines is 1. The Labute approximate surface area is 91.6 Å². The van der Waals surface area contributed by atoms with Gasteiger partial charge in [-0.15, -0.1) is 0 Å². The molecule has 1 N–H and O–H groups in total. The molecule has 0 saturated heterocycles. The van der Waals surface area contributed by atoms with Crippen molar-refractivity contribution in [3.63, 3.8) is 0 Å². The molecule has 0 spiro atoms. The highest BCUT2D eigenvalue weighted by atomic mass is 79.9. The fourth-order valence-electron chi connectivity index (χ4n) is 1.01. The molecule has 0 aromatic heterocycles. The van der Waals surface area contributed by atoms with Gasteiger partial charge in [-0.3, -0.25) is 4.79 Å². The quantitative estimate of drug-likeness (QED) is 0.905. The van der Waals surface area contributed by atoms with Crippen LogP contribution in [0.3, 0.4) is 0 Å². The zero-order valence-electron chi connectivity index (χ0n) is 8.13. The number of carbonyl (C=O) groups is 1. The van der Waals surface area contributed by atoms with E-state index in [-0.39, 0.29) is 5.91 Å². The van der Waals surface area contributed by atoms with Crippen LogP contribution < -0.4 is 10.1 Å². The lowest BCUT2D eigenvalue weighted by Gasteiger charge is -2.09. The summed E-state index contributed by atoms with van der Waals surface area (Å²) in [6.07, 6.45) is 0.458. The Morgan fingerprint density at radius 2 is 2.29 bits per heavy atom. The molecule has 0 aliphatic carbocycles. The number of halogens is 1. The van der Waals surface area contributed by atoms with Crippen LogP contribution in [0.2, 0.25) is 0 Å². The van der Waals surface area contributed by atoms with Crippen LogP contribution in [0.25, 0.3) is 0 Å². The van der Waals surface area contributed by atoms with Gasteiger partial charge in [-0.25, -0.2) is 0 Å². The van der Waals surface area contributed by atoms with Gasteiger partial charge in [-0.2, -0.15) is 0 Å². The van der Waals surface area contributed by atoms with Crippen LogP contribution >= 0.6 is 15.9 Å². The molecule has 3 nitrogen and oxygen atoms in total. The van der Waals surface area contributed by atoms with Crippen LogP contribution in [-0.4, -0.2) is 13.0 Å². The topological polar surface area (TPSA) is 38.3 Å². The number of ether oxygens (including phenoxy) is 1. The first-order valence-electron chi connectivity index (χ1n) is 4.30. The van der Waals surface area contributed by atoms with Crippen LogP contribution in [0, 0.1) is 0 Å². The lowest BCUT2D eigenvalue weighted by Crippen LogP contribution is -2.10. The highest BCUT2D eigenvalue weighted by molar-refractivity contribution is 9.10. The Kier molecular flexibility index (Phi) is 3.95. The zero-order valence-corrected chi connectivity index (χ0v) is 9.72. The summed E-state index contributed by atoms with van der Waals surface area (Å²) in [5.41, 5.74) is 0.697. The molecular formula is C10H12BrNO2. The Bertz CT molecular complexity index is 339. The minimum atomic E-state index is -0.0226. The molecule has 0 aliphatic heterocycles. The summed E-state index contributed by atoms with van der Waals surface area (Å²) in [6, 6.07) is 5.47. The number of rotatable bonds is 3. The molecule has 0 bridgehead atoms. The van der Waals surface area contributed by atoms with E-state index in [1.54, 1.807) is 20.1 Å². The SMILES string of the molecule is CCC(=O)Nc1ccc(Br)cc1OC. The Balaban J connectivity index is 2.90. The van der Waals surface area contributed by atoms with Gasteiger partial charge in [0.25, 0.3) is 0 Å². The number of benzene rings is 1. The number of amides is 1. The second-order valence-electron chi connectivity index (χ2n) is 2.75. The summed E-state index contributed by atoms with van der Waals surface area (Å²) in [5, 5.41) is 2.75. The first kappa shape index (κ1) is 11.0. The lowest BCUT2D eigenvalue weighted by atomic mass is 10.3. The average molecular weight is 258 g/mol. The second-order valence-corrected chi connectivity index (χ2v) is 3.66. The molecule has 0 atom stereocenters. The van der Waals surface area contributed by atoms with E-state index >= 15 is 0 Å². The average Bonchev–Trinajstić information content (AvgIpc) is 2.20. The summed E-state index contributed by atoms with van der Waals surface area (Å²) in [6.45, 7) is 1.81. The van der Waals surface area contributed by atoms with Gasteiger partial charge in [0.15, 0.2) is 0 Å². The van der Waals surface area contributed by atoms with E-state index in [2.05, 4.69) is 21.2 Å². The van der Waals surface area contributed by atoms with Crippen molar-refractivity contribution in [2.75, 3.05) is 12.4 Å². The third kappa shape index (κ3) is 2.73. The van der Waals surface area contributed by atoms with Crippen molar-refractivity contribution in [2.45, 2.75) is 13.3 Å². The van der Waals surface area contributed by atoms with Gasteiger partial charge in [-0.05, 0) is 18.2 Å². The van der Waals surface area contributed by atoms with Crippen LogP contribution in [0.5, 0.6) is 5.75 Å². The van der Waals surface area contributed by atoms with E-state index in [0.717, 1.165) is 4.47 Å². The summed E-state index contributed by atoms with van der Waals surface area (Å²) in [5.74, 6) is 0.631. The normalized spacial score (nSPS) is 9.64. The van der Waals surface area contributed by atoms with Crippen LogP contribution in [0.1, 0.15) is 13.3 Å². The highest BCUT2D eigenvalue weighted by Gasteiger charge is 2.05. The first-order chi connectivity index (χ1) is 6.67. The summed E-state index contributed by atoms with van der Waals surface area (Å²) in [7, 11) is 1.57. The maximum atomic E-state index is 11.2. The molecule has 4 heteroatoms. The van der Waals surface area contributed by atoms with Crippen molar-refractivity contribution >= 4 is 27.5 Å². The Morgan fingerprint density at radius 1 is 1.57 bits per heavy atom. The van der Waals surface area contributed by atoms with Gasteiger partial charge < -0.3 is 10.1 Å². The molecule has 76 valence electrons. The highest BCUT2D eigenvalue weighted by Crippen LogP contribution is 2.27. The fraction of sp³-hybridized carbons (Fsp3) is 0.300. The van der Waals surface area contributed by atoms with E-state index < -0.39 is 0 Å². The number of carbonyl (C=O) groups excluding carboxylic acids is 1. The van der Waals surface area contributed by atoms with Gasteiger partial charge in [0.05, 0.1) is 12.8 Å². The van der Waals surface area contributed by atoms with Crippen LogP contribution in [0.15, 0.2) is 22.7 Å². The number of hydrogen-bond acceptors (Lipinski definition) is 2. The molecule has 0 saturated carbocycles. The minimum absolute atomic E-state index is 0.0226. The summed E-state index contributed by atoms with van der Waals surface area (Å²) >= 11 is 3.33. The molecule has 1 aromatic rings.